The predicted molar refractivity (Wildman–Crippen MR) is 50.4 cm³/mol. The van der Waals surface area contributed by atoms with Crippen LogP contribution < -0.4 is 0 Å². The molecule has 0 saturated carbocycles. The molecule has 0 spiro atoms. The third-order valence-corrected chi connectivity index (χ3v) is 2.19. The number of Topliss-reactive ketones (excluding diaryl/α,β-unsaturated/α-hetero) is 1. The van der Waals surface area contributed by atoms with Crippen LogP contribution in [0.1, 0.15) is 26.2 Å². The predicted octanol–water partition coefficient (Wildman–Crippen LogP) is 0.671. The van der Waals surface area contributed by atoms with Crippen molar-refractivity contribution in [3.8, 4) is 0 Å². The Bertz CT molecular complexity index is 290. The lowest BCUT2D eigenvalue weighted by molar-refractivity contribution is -0.138. The minimum atomic E-state index is -0.176. The number of carbonyl (C=O) groups excluding carboxylic acids is 3. The lowest BCUT2D eigenvalue weighted by Gasteiger charge is -2.12. The van der Waals surface area contributed by atoms with Gasteiger partial charge in [0, 0.05) is 25.8 Å². The van der Waals surface area contributed by atoms with Gasteiger partial charge in [0.1, 0.15) is 0 Å². The summed E-state index contributed by atoms with van der Waals surface area (Å²) >= 11 is 0. The van der Waals surface area contributed by atoms with Crippen LogP contribution in [0.2, 0.25) is 0 Å². The Balaban J connectivity index is 2.45. The second kappa shape index (κ2) is 4.17. The van der Waals surface area contributed by atoms with Crippen LogP contribution in [0.3, 0.4) is 0 Å². The van der Waals surface area contributed by atoms with Gasteiger partial charge in [0.25, 0.3) is 0 Å². The zero-order valence-electron chi connectivity index (χ0n) is 8.21. The van der Waals surface area contributed by atoms with E-state index in [1.165, 1.54) is 0 Å². The topological polar surface area (TPSA) is 54.5 Å². The summed E-state index contributed by atoms with van der Waals surface area (Å²) in [4.78, 5) is 34.6. The van der Waals surface area contributed by atoms with Crippen molar-refractivity contribution >= 4 is 17.6 Å². The van der Waals surface area contributed by atoms with Gasteiger partial charge in [0.05, 0.1) is 0 Å². The van der Waals surface area contributed by atoms with Crippen LogP contribution in [-0.4, -0.2) is 29.0 Å². The molecule has 4 nitrogen and oxygen atoms in total. The maximum atomic E-state index is 11.2. The lowest BCUT2D eigenvalue weighted by atomic mass is 10.1. The molecular weight excluding hydrogens is 182 g/mol. The third-order valence-electron chi connectivity index (χ3n) is 2.19. The second-order valence-electron chi connectivity index (χ2n) is 3.39. The van der Waals surface area contributed by atoms with Crippen molar-refractivity contribution < 1.29 is 14.4 Å². The lowest BCUT2D eigenvalue weighted by Crippen LogP contribution is -2.31. The van der Waals surface area contributed by atoms with Crippen LogP contribution in [0.5, 0.6) is 0 Å². The van der Waals surface area contributed by atoms with Gasteiger partial charge in [-0.25, -0.2) is 0 Å². The average molecular weight is 195 g/mol. The average Bonchev–Trinajstić information content (AvgIpc) is 2.43. The number of amides is 2. The van der Waals surface area contributed by atoms with Gasteiger partial charge in [0.15, 0.2) is 5.78 Å². The Labute approximate surface area is 82.6 Å². The smallest absolute Gasteiger partial charge is 0.229 e. The highest BCUT2D eigenvalue weighted by Crippen LogP contribution is 2.12. The van der Waals surface area contributed by atoms with Crippen molar-refractivity contribution in [3.05, 3.63) is 12.2 Å². The number of rotatable bonds is 4. The molecule has 0 atom stereocenters. The largest absolute Gasteiger partial charge is 0.295 e. The van der Waals surface area contributed by atoms with Crippen LogP contribution in [0.15, 0.2) is 12.2 Å². The van der Waals surface area contributed by atoms with Gasteiger partial charge in [-0.1, -0.05) is 6.58 Å². The number of hydrogen-bond acceptors (Lipinski definition) is 3. The first kappa shape index (κ1) is 10.6. The molecule has 1 saturated heterocycles. The molecule has 2 amide bonds. The summed E-state index contributed by atoms with van der Waals surface area (Å²) in [5, 5.41) is 0. The zero-order chi connectivity index (χ0) is 10.7. The number of likely N-dealkylation sites (tertiary alicyclic amines) is 1. The second-order valence-corrected chi connectivity index (χ2v) is 3.39. The quantitative estimate of drug-likeness (QED) is 0.489. The summed E-state index contributed by atoms with van der Waals surface area (Å²) < 4.78 is 0. The highest BCUT2D eigenvalue weighted by molar-refractivity contribution is 6.02. The molecule has 1 aliphatic rings. The maximum absolute atomic E-state index is 11.2. The van der Waals surface area contributed by atoms with E-state index < -0.39 is 0 Å². The van der Waals surface area contributed by atoms with Crippen LogP contribution >= 0.6 is 0 Å². The number of hydrogen-bond donors (Lipinski definition) is 0. The molecule has 1 rings (SSSR count). The minimum Gasteiger partial charge on any atom is -0.295 e. The normalized spacial score (nSPS) is 16.2. The van der Waals surface area contributed by atoms with Gasteiger partial charge in [0.2, 0.25) is 11.8 Å². The molecule has 0 aromatic heterocycles. The summed E-state index contributed by atoms with van der Waals surface area (Å²) in [6, 6.07) is 0. The maximum Gasteiger partial charge on any atom is 0.229 e. The number of carbonyl (C=O) groups is 3. The Hall–Kier alpha value is -1.45. The molecule has 14 heavy (non-hydrogen) atoms. The van der Waals surface area contributed by atoms with E-state index in [1.54, 1.807) is 6.92 Å². The molecule has 0 N–H and O–H groups in total. The molecule has 0 aliphatic carbocycles. The molecule has 0 unspecified atom stereocenters. The first-order valence-electron chi connectivity index (χ1n) is 4.54. The first-order valence-corrected chi connectivity index (χ1v) is 4.54. The van der Waals surface area contributed by atoms with E-state index >= 15 is 0 Å². The molecule has 0 aromatic rings. The number of nitrogens with zero attached hydrogens (tertiary/aromatic N) is 1. The van der Waals surface area contributed by atoms with E-state index in [2.05, 4.69) is 6.58 Å². The highest BCUT2D eigenvalue weighted by atomic mass is 16.2. The van der Waals surface area contributed by atoms with Gasteiger partial charge >= 0.3 is 0 Å². The molecule has 1 heterocycles. The summed E-state index contributed by atoms with van der Waals surface area (Å²) in [6.45, 7) is 5.32. The fourth-order valence-electron chi connectivity index (χ4n) is 1.30. The summed E-state index contributed by atoms with van der Waals surface area (Å²) in [7, 11) is 0. The summed E-state index contributed by atoms with van der Waals surface area (Å²) in [6.07, 6.45) is 0.743. The van der Waals surface area contributed by atoms with Gasteiger partial charge in [-0.15, -0.1) is 0 Å². The Morgan fingerprint density at radius 3 is 2.29 bits per heavy atom. The minimum absolute atomic E-state index is 0.0995. The van der Waals surface area contributed by atoms with Crippen molar-refractivity contribution in [2.75, 3.05) is 6.54 Å². The summed E-state index contributed by atoms with van der Waals surface area (Å²) in [5.41, 5.74) is 0.462. The van der Waals surface area contributed by atoms with Crippen molar-refractivity contribution in [1.29, 1.82) is 0 Å². The van der Waals surface area contributed by atoms with E-state index in [9.17, 15) is 14.4 Å². The number of ketones is 1. The van der Waals surface area contributed by atoms with Crippen LogP contribution in [-0.2, 0) is 14.4 Å². The van der Waals surface area contributed by atoms with Crippen LogP contribution in [0.25, 0.3) is 0 Å². The molecule has 76 valence electrons. The fourth-order valence-corrected chi connectivity index (χ4v) is 1.30. The van der Waals surface area contributed by atoms with E-state index in [0.717, 1.165) is 4.90 Å². The third kappa shape index (κ3) is 2.28. The van der Waals surface area contributed by atoms with Gasteiger partial charge < -0.3 is 0 Å². The Morgan fingerprint density at radius 1 is 1.36 bits per heavy atom. The van der Waals surface area contributed by atoms with E-state index in [-0.39, 0.29) is 43.4 Å². The van der Waals surface area contributed by atoms with Crippen molar-refractivity contribution in [2.45, 2.75) is 26.2 Å². The fraction of sp³-hybridized carbons (Fsp3) is 0.500. The van der Waals surface area contributed by atoms with E-state index in [0.29, 0.717) is 5.57 Å². The van der Waals surface area contributed by atoms with Gasteiger partial charge in [-0.2, -0.15) is 0 Å². The van der Waals surface area contributed by atoms with E-state index in [1.807, 2.05) is 0 Å². The Morgan fingerprint density at radius 2 is 1.86 bits per heavy atom. The first-order chi connectivity index (χ1) is 6.52. The monoisotopic (exact) mass is 195 g/mol. The highest BCUT2D eigenvalue weighted by Gasteiger charge is 2.28. The van der Waals surface area contributed by atoms with Crippen molar-refractivity contribution in [2.24, 2.45) is 0 Å². The van der Waals surface area contributed by atoms with Crippen LogP contribution in [0.4, 0.5) is 0 Å². The van der Waals surface area contributed by atoms with Gasteiger partial charge in [-0.05, 0) is 12.5 Å². The van der Waals surface area contributed by atoms with Crippen LogP contribution in [0, 0.1) is 0 Å². The summed E-state index contributed by atoms with van der Waals surface area (Å²) in [5.74, 6) is -0.452. The zero-order valence-corrected chi connectivity index (χ0v) is 8.21. The number of imide groups is 1. The van der Waals surface area contributed by atoms with Gasteiger partial charge in [-0.3, -0.25) is 19.3 Å². The standard InChI is InChI=1S/C10H13NO3/c1-7(2)8(12)5-6-11-9(13)3-4-10(11)14/h1,3-6H2,2H3. The molecule has 1 fully saturated rings. The van der Waals surface area contributed by atoms with Crippen molar-refractivity contribution in [1.82, 2.24) is 4.90 Å². The molecule has 4 heteroatoms. The van der Waals surface area contributed by atoms with Crippen molar-refractivity contribution in [3.63, 3.8) is 0 Å². The molecule has 1 aliphatic heterocycles. The molecular formula is C10H13NO3. The molecule has 0 radical (unpaired) electrons. The SMILES string of the molecule is C=C(C)C(=O)CCN1C(=O)CCC1=O. The van der Waals surface area contributed by atoms with E-state index in [4.69, 9.17) is 0 Å². The number of allylic oxidation sites excluding steroid dienone is 1. The molecule has 0 bridgehead atoms. The molecule has 0 aromatic carbocycles. The Kier molecular flexibility index (Phi) is 3.17.